The number of nitrogens with one attached hydrogen (secondary N) is 2. The molecule has 1 aromatic carbocycles. The van der Waals surface area contributed by atoms with Crippen LogP contribution >= 0.6 is 15.9 Å². The Balaban J connectivity index is 2.40. The van der Waals surface area contributed by atoms with Gasteiger partial charge < -0.3 is 10.6 Å². The second-order valence-electron chi connectivity index (χ2n) is 3.36. The van der Waals surface area contributed by atoms with Crippen LogP contribution in [0.15, 0.2) is 29.0 Å². The molecule has 0 bridgehead atoms. The van der Waals surface area contributed by atoms with Crippen LogP contribution in [-0.2, 0) is 0 Å². The Hall–Kier alpha value is -1.76. The van der Waals surface area contributed by atoms with Gasteiger partial charge in [-0.05, 0) is 28.1 Å². The summed E-state index contributed by atoms with van der Waals surface area (Å²) in [7, 11) is 1.68. The van der Waals surface area contributed by atoms with Crippen LogP contribution in [0.5, 0.6) is 0 Å². The molecule has 0 atom stereocenters. The van der Waals surface area contributed by atoms with Gasteiger partial charge in [0.25, 0.3) is 0 Å². The van der Waals surface area contributed by atoms with Gasteiger partial charge in [-0.25, -0.2) is 18.7 Å². The van der Waals surface area contributed by atoms with Gasteiger partial charge in [0.05, 0.1) is 0 Å². The van der Waals surface area contributed by atoms with Gasteiger partial charge in [-0.3, -0.25) is 0 Å². The average molecular weight is 315 g/mol. The maximum absolute atomic E-state index is 13.5. The number of anilines is 3. The van der Waals surface area contributed by atoms with Crippen molar-refractivity contribution in [2.75, 3.05) is 17.7 Å². The van der Waals surface area contributed by atoms with Gasteiger partial charge in [0.1, 0.15) is 39.8 Å². The molecule has 1 heterocycles. The summed E-state index contributed by atoms with van der Waals surface area (Å²) in [6, 6.07) is 3.63. The fourth-order valence-corrected chi connectivity index (χ4v) is 1.87. The van der Waals surface area contributed by atoms with Gasteiger partial charge in [0.2, 0.25) is 0 Å². The van der Waals surface area contributed by atoms with Gasteiger partial charge in [-0.2, -0.15) is 0 Å². The van der Waals surface area contributed by atoms with Crippen molar-refractivity contribution in [2.45, 2.75) is 0 Å². The van der Waals surface area contributed by atoms with Crippen molar-refractivity contribution in [2.24, 2.45) is 0 Å². The minimum absolute atomic E-state index is 0.251. The Kier molecular flexibility index (Phi) is 3.71. The summed E-state index contributed by atoms with van der Waals surface area (Å²) in [6.45, 7) is 0. The lowest BCUT2D eigenvalue weighted by Gasteiger charge is -2.11. The second kappa shape index (κ2) is 5.26. The zero-order valence-corrected chi connectivity index (χ0v) is 10.9. The molecule has 0 aliphatic heterocycles. The van der Waals surface area contributed by atoms with E-state index in [1.807, 2.05) is 0 Å². The lowest BCUT2D eigenvalue weighted by Crippen LogP contribution is -2.03. The third kappa shape index (κ3) is 2.40. The topological polar surface area (TPSA) is 49.8 Å². The van der Waals surface area contributed by atoms with Gasteiger partial charge in [0, 0.05) is 7.05 Å². The lowest BCUT2D eigenvalue weighted by molar-refractivity contribution is 0.590. The zero-order valence-electron chi connectivity index (χ0n) is 9.34. The predicted octanol–water partition coefficient (Wildman–Crippen LogP) is 3.30. The first-order valence-electron chi connectivity index (χ1n) is 5.02. The molecule has 0 radical (unpaired) electrons. The monoisotopic (exact) mass is 314 g/mol. The van der Waals surface area contributed by atoms with Crippen molar-refractivity contribution in [1.29, 1.82) is 0 Å². The van der Waals surface area contributed by atoms with E-state index in [0.717, 1.165) is 0 Å². The van der Waals surface area contributed by atoms with E-state index in [9.17, 15) is 8.78 Å². The van der Waals surface area contributed by atoms with Crippen LogP contribution in [0, 0.1) is 11.6 Å². The zero-order chi connectivity index (χ0) is 13.1. The first kappa shape index (κ1) is 12.7. The molecular formula is C11H9BrF2N4. The van der Waals surface area contributed by atoms with Crippen LogP contribution in [0.1, 0.15) is 0 Å². The number of rotatable bonds is 3. The van der Waals surface area contributed by atoms with Crippen LogP contribution in [0.2, 0.25) is 0 Å². The number of benzene rings is 1. The van der Waals surface area contributed by atoms with E-state index in [2.05, 4.69) is 36.5 Å². The molecule has 0 aliphatic carbocycles. The average Bonchev–Trinajstić information content (AvgIpc) is 2.36. The number of aromatic nitrogens is 2. The molecule has 0 saturated heterocycles. The number of nitrogens with zero attached hydrogens (tertiary/aromatic N) is 2. The molecule has 4 nitrogen and oxygen atoms in total. The summed E-state index contributed by atoms with van der Waals surface area (Å²) in [4.78, 5) is 7.87. The lowest BCUT2D eigenvalue weighted by atomic mass is 10.3. The number of hydrogen-bond donors (Lipinski definition) is 2. The summed E-state index contributed by atoms with van der Waals surface area (Å²) in [6.07, 6.45) is 1.29. The molecular weight excluding hydrogens is 306 g/mol. The van der Waals surface area contributed by atoms with E-state index in [1.165, 1.54) is 24.5 Å². The summed E-state index contributed by atoms with van der Waals surface area (Å²) >= 11 is 3.25. The maximum Gasteiger partial charge on any atom is 0.150 e. The van der Waals surface area contributed by atoms with Gasteiger partial charge in [-0.1, -0.05) is 6.07 Å². The minimum Gasteiger partial charge on any atom is -0.372 e. The van der Waals surface area contributed by atoms with Crippen LogP contribution in [0.25, 0.3) is 0 Å². The SMILES string of the molecule is CNc1ncnc(Nc2c(F)cccc2F)c1Br. The highest BCUT2D eigenvalue weighted by molar-refractivity contribution is 9.10. The smallest absolute Gasteiger partial charge is 0.150 e. The Morgan fingerprint density at radius 3 is 2.33 bits per heavy atom. The van der Waals surface area contributed by atoms with Crippen molar-refractivity contribution < 1.29 is 8.78 Å². The quantitative estimate of drug-likeness (QED) is 0.912. The van der Waals surface area contributed by atoms with E-state index < -0.39 is 11.6 Å². The molecule has 2 aromatic rings. The minimum atomic E-state index is -0.688. The third-order valence-corrected chi connectivity index (χ3v) is 2.98. The van der Waals surface area contributed by atoms with Gasteiger partial charge in [-0.15, -0.1) is 0 Å². The summed E-state index contributed by atoms with van der Waals surface area (Å²) in [5.74, 6) is -0.583. The second-order valence-corrected chi connectivity index (χ2v) is 4.15. The van der Waals surface area contributed by atoms with Crippen LogP contribution in [0.3, 0.4) is 0 Å². The molecule has 2 rings (SSSR count). The van der Waals surface area contributed by atoms with E-state index in [1.54, 1.807) is 7.05 Å². The fraction of sp³-hybridized carbons (Fsp3) is 0.0909. The highest BCUT2D eigenvalue weighted by Gasteiger charge is 2.13. The van der Waals surface area contributed by atoms with Crippen molar-refractivity contribution in [3.05, 3.63) is 40.6 Å². The molecule has 0 saturated carbocycles. The molecule has 0 unspecified atom stereocenters. The first-order valence-corrected chi connectivity index (χ1v) is 5.82. The van der Waals surface area contributed by atoms with Gasteiger partial charge in [0.15, 0.2) is 0 Å². The summed E-state index contributed by atoms with van der Waals surface area (Å²) in [5, 5.41) is 5.42. The molecule has 0 aliphatic rings. The fourth-order valence-electron chi connectivity index (χ4n) is 1.37. The maximum atomic E-state index is 13.5. The first-order chi connectivity index (χ1) is 8.63. The number of hydrogen-bond acceptors (Lipinski definition) is 4. The Labute approximate surface area is 111 Å². The molecule has 94 valence electrons. The number of halogens is 3. The van der Waals surface area contributed by atoms with E-state index in [-0.39, 0.29) is 11.5 Å². The van der Waals surface area contributed by atoms with Gasteiger partial charge >= 0.3 is 0 Å². The normalized spacial score (nSPS) is 10.2. The van der Waals surface area contributed by atoms with Crippen LogP contribution < -0.4 is 10.6 Å². The third-order valence-electron chi connectivity index (χ3n) is 2.23. The molecule has 1 aromatic heterocycles. The molecule has 2 N–H and O–H groups in total. The molecule has 7 heteroatoms. The largest absolute Gasteiger partial charge is 0.372 e. The van der Waals surface area contributed by atoms with Crippen molar-refractivity contribution in [3.8, 4) is 0 Å². The Bertz CT molecular complexity index is 557. The van der Waals surface area contributed by atoms with E-state index in [0.29, 0.717) is 10.3 Å². The molecule has 0 amide bonds. The van der Waals surface area contributed by atoms with Crippen LogP contribution in [0.4, 0.5) is 26.1 Å². The van der Waals surface area contributed by atoms with E-state index >= 15 is 0 Å². The van der Waals surface area contributed by atoms with Crippen molar-refractivity contribution in [3.63, 3.8) is 0 Å². The van der Waals surface area contributed by atoms with Crippen molar-refractivity contribution in [1.82, 2.24) is 9.97 Å². The summed E-state index contributed by atoms with van der Waals surface area (Å²) < 4.78 is 27.4. The van der Waals surface area contributed by atoms with Crippen LogP contribution in [-0.4, -0.2) is 17.0 Å². The van der Waals surface area contributed by atoms with Crippen molar-refractivity contribution >= 4 is 33.3 Å². The standard InChI is InChI=1S/C11H9BrF2N4/c1-15-10-8(12)11(17-5-16-10)18-9-6(13)3-2-4-7(9)14/h2-5H,1H3,(H2,15,16,17,18). The predicted molar refractivity (Wildman–Crippen MR) is 68.9 cm³/mol. The molecule has 0 spiro atoms. The number of para-hydroxylation sites is 1. The Morgan fingerprint density at radius 2 is 1.72 bits per heavy atom. The molecule has 0 fully saturated rings. The highest BCUT2D eigenvalue weighted by atomic mass is 79.9. The van der Waals surface area contributed by atoms with E-state index in [4.69, 9.17) is 0 Å². The molecule has 18 heavy (non-hydrogen) atoms. The highest BCUT2D eigenvalue weighted by Crippen LogP contribution is 2.30. The summed E-state index contributed by atoms with van der Waals surface area (Å²) in [5.41, 5.74) is -0.251. The Morgan fingerprint density at radius 1 is 1.11 bits per heavy atom.